The molecular weight excluding hydrogens is 320 g/mol. The molecule has 0 fully saturated rings. The fourth-order valence-corrected chi connectivity index (χ4v) is 3.39. The molecule has 130 valence electrons. The van der Waals surface area contributed by atoms with Crippen molar-refractivity contribution in [2.75, 3.05) is 25.6 Å². The topological polar surface area (TPSA) is 105 Å². The van der Waals surface area contributed by atoms with Crippen LogP contribution in [0.15, 0.2) is 23.1 Å². The van der Waals surface area contributed by atoms with Crippen LogP contribution in [-0.4, -0.2) is 45.8 Å². The predicted octanol–water partition coefficient (Wildman–Crippen LogP) is 1.77. The molecule has 0 aliphatic carbocycles. The van der Waals surface area contributed by atoms with E-state index in [1.54, 1.807) is 6.92 Å². The lowest BCUT2D eigenvalue weighted by molar-refractivity contribution is 0.0696. The predicted molar refractivity (Wildman–Crippen MR) is 88.4 cm³/mol. The molecule has 1 atom stereocenters. The minimum absolute atomic E-state index is 0.0824. The molecule has 1 aromatic carbocycles. The second-order valence-corrected chi connectivity index (χ2v) is 7.45. The lowest BCUT2D eigenvalue weighted by atomic mass is 10.2. The molecule has 0 spiro atoms. The highest BCUT2D eigenvalue weighted by molar-refractivity contribution is 7.89. The van der Waals surface area contributed by atoms with Crippen molar-refractivity contribution in [3.8, 4) is 0 Å². The number of carboxylic acids is 1. The molecule has 23 heavy (non-hydrogen) atoms. The van der Waals surface area contributed by atoms with E-state index in [-0.39, 0.29) is 17.1 Å². The number of methoxy groups -OCH3 is 1. The highest BCUT2D eigenvalue weighted by atomic mass is 32.2. The van der Waals surface area contributed by atoms with Crippen molar-refractivity contribution in [3.63, 3.8) is 0 Å². The van der Waals surface area contributed by atoms with Gasteiger partial charge in [0.05, 0.1) is 17.9 Å². The van der Waals surface area contributed by atoms with Crippen molar-refractivity contribution >= 4 is 21.7 Å². The van der Waals surface area contributed by atoms with Crippen LogP contribution in [0.3, 0.4) is 0 Å². The third kappa shape index (κ3) is 5.81. The average Bonchev–Trinajstić information content (AvgIpc) is 2.44. The van der Waals surface area contributed by atoms with E-state index in [0.29, 0.717) is 18.2 Å². The lowest BCUT2D eigenvalue weighted by Gasteiger charge is -2.18. The van der Waals surface area contributed by atoms with Gasteiger partial charge in [0.2, 0.25) is 10.0 Å². The van der Waals surface area contributed by atoms with Crippen LogP contribution in [0.4, 0.5) is 5.69 Å². The zero-order valence-corrected chi connectivity index (χ0v) is 14.6. The average molecular weight is 344 g/mol. The summed E-state index contributed by atoms with van der Waals surface area (Å²) < 4.78 is 32.5. The van der Waals surface area contributed by atoms with Gasteiger partial charge < -0.3 is 15.2 Å². The lowest BCUT2D eigenvalue weighted by Crippen LogP contribution is -2.36. The van der Waals surface area contributed by atoms with Crippen LogP contribution in [0, 0.1) is 5.92 Å². The van der Waals surface area contributed by atoms with Crippen LogP contribution >= 0.6 is 0 Å². The zero-order chi connectivity index (χ0) is 17.6. The summed E-state index contributed by atoms with van der Waals surface area (Å²) in [6, 6.07) is 3.58. The van der Waals surface area contributed by atoms with E-state index < -0.39 is 22.0 Å². The molecular formula is C15H24N2O5S. The molecule has 0 radical (unpaired) electrons. The van der Waals surface area contributed by atoms with E-state index in [0.717, 1.165) is 6.07 Å². The molecule has 1 unspecified atom stereocenters. The second-order valence-electron chi connectivity index (χ2n) is 5.77. The smallest absolute Gasteiger partial charge is 0.335 e. The first kappa shape index (κ1) is 19.4. The van der Waals surface area contributed by atoms with Crippen LogP contribution in [0.2, 0.25) is 0 Å². The fourth-order valence-electron chi connectivity index (χ4n) is 1.95. The number of carboxylic acid groups (broad SMARTS) is 1. The number of sulfonamides is 1. The molecule has 0 aliphatic heterocycles. The summed E-state index contributed by atoms with van der Waals surface area (Å²) in [7, 11) is -2.39. The summed E-state index contributed by atoms with van der Waals surface area (Å²) in [5.41, 5.74) is 0.292. The van der Waals surface area contributed by atoms with Crippen molar-refractivity contribution in [1.82, 2.24) is 4.72 Å². The zero-order valence-electron chi connectivity index (χ0n) is 13.8. The van der Waals surface area contributed by atoms with Gasteiger partial charge in [-0.2, -0.15) is 0 Å². The van der Waals surface area contributed by atoms with Crippen LogP contribution in [0.5, 0.6) is 0 Å². The van der Waals surface area contributed by atoms with Crippen molar-refractivity contribution in [3.05, 3.63) is 23.8 Å². The summed E-state index contributed by atoms with van der Waals surface area (Å²) in [6.07, 6.45) is 0. The summed E-state index contributed by atoms with van der Waals surface area (Å²) in [5, 5.41) is 12.1. The molecule has 7 nitrogen and oxygen atoms in total. The number of benzene rings is 1. The SMILES string of the molecule is COCC(C)NS(=O)(=O)c1cc(C(=O)O)ccc1NCC(C)C. The van der Waals surface area contributed by atoms with Gasteiger partial charge in [-0.1, -0.05) is 13.8 Å². The maximum Gasteiger partial charge on any atom is 0.335 e. The highest BCUT2D eigenvalue weighted by Gasteiger charge is 2.23. The largest absolute Gasteiger partial charge is 0.478 e. The third-order valence-electron chi connectivity index (χ3n) is 2.99. The van der Waals surface area contributed by atoms with Crippen LogP contribution in [-0.2, 0) is 14.8 Å². The van der Waals surface area contributed by atoms with E-state index in [4.69, 9.17) is 9.84 Å². The standard InChI is InChI=1S/C15H24N2O5S/c1-10(2)8-16-13-6-5-12(15(18)19)7-14(13)23(20,21)17-11(3)9-22-4/h5-7,10-11,16-17H,8-9H2,1-4H3,(H,18,19). The Morgan fingerprint density at radius 2 is 1.96 bits per heavy atom. The molecule has 3 N–H and O–H groups in total. The number of hydrogen-bond acceptors (Lipinski definition) is 5. The van der Waals surface area contributed by atoms with Gasteiger partial charge >= 0.3 is 5.97 Å². The first-order valence-electron chi connectivity index (χ1n) is 7.30. The van der Waals surface area contributed by atoms with E-state index in [9.17, 15) is 13.2 Å². The van der Waals surface area contributed by atoms with Gasteiger partial charge in [-0.05, 0) is 31.0 Å². The summed E-state index contributed by atoms with van der Waals surface area (Å²) >= 11 is 0. The normalized spacial score (nSPS) is 13.1. The van der Waals surface area contributed by atoms with Crippen molar-refractivity contribution in [2.45, 2.75) is 31.7 Å². The van der Waals surface area contributed by atoms with Crippen LogP contribution in [0.25, 0.3) is 0 Å². The summed E-state index contributed by atoms with van der Waals surface area (Å²) in [4.78, 5) is 11.0. The summed E-state index contributed by atoms with van der Waals surface area (Å²) in [6.45, 7) is 6.44. The Bertz CT molecular complexity index is 643. The van der Waals surface area contributed by atoms with Gasteiger partial charge in [-0.25, -0.2) is 17.9 Å². The molecule has 1 rings (SSSR count). The molecule has 0 bridgehead atoms. The van der Waals surface area contributed by atoms with Gasteiger partial charge in [-0.15, -0.1) is 0 Å². The molecule has 0 saturated heterocycles. The maximum atomic E-state index is 12.6. The number of carbonyl (C=O) groups is 1. The highest BCUT2D eigenvalue weighted by Crippen LogP contribution is 2.23. The van der Waals surface area contributed by atoms with Crippen molar-refractivity contribution < 1.29 is 23.1 Å². The van der Waals surface area contributed by atoms with Gasteiger partial charge in [0.25, 0.3) is 0 Å². The molecule has 0 aliphatic rings. The second kappa shape index (κ2) is 8.28. The molecule has 0 heterocycles. The Morgan fingerprint density at radius 1 is 1.30 bits per heavy atom. The third-order valence-corrected chi connectivity index (χ3v) is 4.62. The fraction of sp³-hybridized carbons (Fsp3) is 0.533. The quantitative estimate of drug-likeness (QED) is 0.630. The Morgan fingerprint density at radius 3 is 2.48 bits per heavy atom. The monoisotopic (exact) mass is 344 g/mol. The van der Waals surface area contributed by atoms with E-state index in [2.05, 4.69) is 10.0 Å². The molecule has 0 aromatic heterocycles. The summed E-state index contributed by atoms with van der Waals surface area (Å²) in [5.74, 6) is -0.869. The number of anilines is 1. The minimum Gasteiger partial charge on any atom is -0.478 e. The number of ether oxygens (including phenoxy) is 1. The first-order chi connectivity index (χ1) is 10.7. The number of nitrogens with one attached hydrogen (secondary N) is 2. The van der Waals surface area contributed by atoms with E-state index in [1.807, 2.05) is 13.8 Å². The van der Waals surface area contributed by atoms with E-state index >= 15 is 0 Å². The van der Waals surface area contributed by atoms with Crippen molar-refractivity contribution in [2.24, 2.45) is 5.92 Å². The first-order valence-corrected chi connectivity index (χ1v) is 8.78. The van der Waals surface area contributed by atoms with Crippen molar-refractivity contribution in [1.29, 1.82) is 0 Å². The number of hydrogen-bond donors (Lipinski definition) is 3. The van der Waals surface area contributed by atoms with Gasteiger partial charge in [0.15, 0.2) is 0 Å². The van der Waals surface area contributed by atoms with Crippen LogP contribution in [0.1, 0.15) is 31.1 Å². The number of rotatable bonds is 9. The van der Waals surface area contributed by atoms with Gasteiger partial charge in [-0.3, -0.25) is 0 Å². The van der Waals surface area contributed by atoms with E-state index in [1.165, 1.54) is 19.2 Å². The molecule has 0 amide bonds. The van der Waals surface area contributed by atoms with Crippen LogP contribution < -0.4 is 10.0 Å². The molecule has 8 heteroatoms. The number of aromatic carboxylic acids is 1. The molecule has 0 saturated carbocycles. The Balaban J connectivity index is 3.22. The Hall–Kier alpha value is -1.64. The van der Waals surface area contributed by atoms with Gasteiger partial charge in [0.1, 0.15) is 4.90 Å². The minimum atomic E-state index is -3.87. The molecule has 1 aromatic rings. The Kier molecular flexibility index (Phi) is 6.99. The van der Waals surface area contributed by atoms with Gasteiger partial charge in [0, 0.05) is 19.7 Å². The Labute approximate surface area is 137 Å². The maximum absolute atomic E-state index is 12.6.